The topological polar surface area (TPSA) is 54.0 Å². The summed E-state index contributed by atoms with van der Waals surface area (Å²) in [6, 6.07) is 17.3. The highest BCUT2D eigenvalue weighted by Gasteiger charge is 2.51. The lowest BCUT2D eigenvalue weighted by Gasteiger charge is -2.46. The van der Waals surface area contributed by atoms with Crippen LogP contribution in [0.2, 0.25) is 54.9 Å². The summed E-state index contributed by atoms with van der Waals surface area (Å²) < 4.78 is 27.3. The van der Waals surface area contributed by atoms with Gasteiger partial charge in [-0.3, -0.25) is 0 Å². The average Bonchev–Trinajstić information content (AvgIpc) is 2.89. The van der Waals surface area contributed by atoms with E-state index in [2.05, 4.69) is 61.9 Å². The molecule has 1 atom stereocenters. The van der Waals surface area contributed by atoms with Crippen molar-refractivity contribution >= 4 is 39.7 Å². The molecule has 0 saturated carbocycles. The molecule has 1 aromatic rings. The van der Waals surface area contributed by atoms with E-state index in [1.54, 1.807) is 12.1 Å². The van der Waals surface area contributed by atoms with Crippen LogP contribution in [0.15, 0.2) is 30.3 Å². The first-order valence-electron chi connectivity index (χ1n) is 13.4. The first-order chi connectivity index (χ1) is 16.1. The summed E-state index contributed by atoms with van der Waals surface area (Å²) in [5.74, 6) is -0.316. The number of carbonyl (C=O) groups excluding carboxylic acids is 1. The number of rotatable bonds is 17. The Morgan fingerprint density at radius 3 is 1.50 bits per heavy atom. The molecule has 1 unspecified atom stereocenters. The molecule has 34 heavy (non-hydrogen) atoms. The largest absolute Gasteiger partial charge is 0.460 e. The van der Waals surface area contributed by atoms with Crippen molar-refractivity contribution in [2.45, 2.75) is 110 Å². The van der Waals surface area contributed by atoms with E-state index in [0.29, 0.717) is 5.56 Å². The normalized spacial score (nSPS) is 14.6. The van der Waals surface area contributed by atoms with Crippen LogP contribution in [0.3, 0.4) is 0 Å². The Bertz CT molecular complexity index is 705. The van der Waals surface area contributed by atoms with E-state index < -0.39 is 33.8 Å². The van der Waals surface area contributed by atoms with Gasteiger partial charge in [0.25, 0.3) is 0 Å². The summed E-state index contributed by atoms with van der Waals surface area (Å²) in [5.41, 5.74) is 0.559. The fourth-order valence-electron chi connectivity index (χ4n) is 4.67. The molecule has 5 nitrogen and oxygen atoms in total. The molecule has 0 fully saturated rings. The molecule has 0 saturated heterocycles. The lowest BCUT2D eigenvalue weighted by Crippen LogP contribution is -2.63. The highest BCUT2D eigenvalue weighted by Crippen LogP contribution is 2.35. The minimum atomic E-state index is -2.88. The van der Waals surface area contributed by atoms with Gasteiger partial charge in [-0.1, -0.05) is 73.6 Å². The summed E-state index contributed by atoms with van der Waals surface area (Å²) in [5, 5.41) is 0. The van der Waals surface area contributed by atoms with Crippen LogP contribution in [-0.2, 0) is 17.1 Å². The minimum absolute atomic E-state index is 0.201. The third kappa shape index (κ3) is 8.24. The second-order valence-electron chi connectivity index (χ2n) is 9.49. The summed E-state index contributed by atoms with van der Waals surface area (Å²) >= 11 is 0. The zero-order valence-corrected chi connectivity index (χ0v) is 27.3. The Kier molecular flexibility index (Phi) is 13.2. The van der Waals surface area contributed by atoms with Crippen molar-refractivity contribution in [2.75, 3.05) is 6.23 Å². The van der Waals surface area contributed by atoms with Crippen LogP contribution >= 0.6 is 0 Å². The highest BCUT2D eigenvalue weighted by molar-refractivity contribution is 6.91. The molecule has 0 amide bonds. The maximum Gasteiger partial charge on any atom is 0.355 e. The van der Waals surface area contributed by atoms with Crippen LogP contribution in [-0.4, -0.2) is 46.0 Å². The Balaban J connectivity index is 3.33. The van der Waals surface area contributed by atoms with Gasteiger partial charge in [0.15, 0.2) is 16.6 Å². The third-order valence-corrected chi connectivity index (χ3v) is 28.1. The Morgan fingerprint density at radius 1 is 0.647 bits per heavy atom. The molecule has 0 spiro atoms. The van der Waals surface area contributed by atoms with Gasteiger partial charge < -0.3 is 17.1 Å². The summed E-state index contributed by atoms with van der Waals surface area (Å²) in [6.45, 7) is 20.0. The monoisotopic (exact) mass is 542 g/mol. The van der Waals surface area contributed by atoms with Crippen LogP contribution in [0.1, 0.15) is 65.7 Å². The molecule has 0 aliphatic heterocycles. The van der Waals surface area contributed by atoms with E-state index >= 15 is 0 Å². The maximum atomic E-state index is 12.8. The van der Waals surface area contributed by atoms with Crippen LogP contribution in [0.5, 0.6) is 0 Å². The van der Waals surface area contributed by atoms with Gasteiger partial charge in [-0.05, 0) is 67.0 Å². The Labute approximate surface area is 213 Å². The predicted molar refractivity (Wildman–Crippen MR) is 153 cm³/mol. The molecular formula is C25H50O5Si4. The SMILES string of the molecule is CC[Si](CC)(CC)O[Si](C)(COC(=O)c1ccccc1)O[Si](CC)(CC)O[Si](CC)(CC)CC. The van der Waals surface area contributed by atoms with Gasteiger partial charge in [-0.2, -0.15) is 0 Å². The van der Waals surface area contributed by atoms with Gasteiger partial charge in [-0.25, -0.2) is 4.79 Å². The van der Waals surface area contributed by atoms with Crippen molar-refractivity contribution in [3.05, 3.63) is 35.9 Å². The lowest BCUT2D eigenvalue weighted by atomic mass is 10.2. The molecule has 1 aromatic carbocycles. The number of ether oxygens (including phenoxy) is 1. The average molecular weight is 543 g/mol. The molecule has 0 N–H and O–H groups in total. The van der Waals surface area contributed by atoms with Gasteiger partial charge in [0.05, 0.1) is 5.56 Å². The molecular weight excluding hydrogens is 493 g/mol. The quantitative estimate of drug-likeness (QED) is 0.147. The summed E-state index contributed by atoms with van der Waals surface area (Å²) in [6.07, 6.45) is 0.201. The van der Waals surface area contributed by atoms with Crippen LogP contribution in [0.4, 0.5) is 0 Å². The molecule has 0 aromatic heterocycles. The van der Waals surface area contributed by atoms with Crippen molar-refractivity contribution in [1.29, 1.82) is 0 Å². The number of carbonyl (C=O) groups is 1. The van der Waals surface area contributed by atoms with Crippen LogP contribution in [0.25, 0.3) is 0 Å². The minimum Gasteiger partial charge on any atom is -0.460 e. The fourth-order valence-corrected chi connectivity index (χ4v) is 25.9. The number of hydrogen-bond donors (Lipinski definition) is 0. The van der Waals surface area contributed by atoms with Gasteiger partial charge in [-0.15, -0.1) is 0 Å². The molecule has 0 aliphatic carbocycles. The lowest BCUT2D eigenvalue weighted by molar-refractivity contribution is 0.0533. The molecule has 9 heteroatoms. The van der Waals surface area contributed by atoms with Crippen molar-refractivity contribution < 1.29 is 21.9 Å². The van der Waals surface area contributed by atoms with E-state index in [0.717, 1.165) is 48.4 Å². The molecule has 0 heterocycles. The van der Waals surface area contributed by atoms with Crippen LogP contribution < -0.4 is 0 Å². The number of benzene rings is 1. The molecule has 1 rings (SSSR count). The molecule has 0 bridgehead atoms. The van der Waals surface area contributed by atoms with E-state index in [1.165, 1.54) is 0 Å². The molecule has 0 radical (unpaired) electrons. The van der Waals surface area contributed by atoms with Gasteiger partial charge >= 0.3 is 23.1 Å². The van der Waals surface area contributed by atoms with Crippen LogP contribution in [0, 0.1) is 0 Å². The van der Waals surface area contributed by atoms with Gasteiger partial charge in [0, 0.05) is 0 Å². The number of esters is 1. The third-order valence-electron chi connectivity index (χ3n) is 7.66. The van der Waals surface area contributed by atoms with Crippen molar-refractivity contribution in [2.24, 2.45) is 0 Å². The van der Waals surface area contributed by atoms with E-state index in [1.807, 2.05) is 18.2 Å². The van der Waals surface area contributed by atoms with E-state index in [9.17, 15) is 4.79 Å². The predicted octanol–water partition coefficient (Wildman–Crippen LogP) is 8.00. The van der Waals surface area contributed by atoms with E-state index in [-0.39, 0.29) is 12.2 Å². The van der Waals surface area contributed by atoms with Crippen molar-refractivity contribution in [3.63, 3.8) is 0 Å². The van der Waals surface area contributed by atoms with E-state index in [4.69, 9.17) is 17.1 Å². The second kappa shape index (κ2) is 14.2. The standard InChI is InChI=1S/C25H50O5Si4/c1-10-32(11-2,12-3)28-31(9,23-27-25(26)24-21-19-18-20-22-24)29-34(16-7,17-8)30-33(13-4,14-5)15-6/h18-22H,10-17,23H2,1-9H3. The Morgan fingerprint density at radius 2 is 1.09 bits per heavy atom. The highest BCUT2D eigenvalue weighted by atomic mass is 28.5. The summed E-state index contributed by atoms with van der Waals surface area (Å²) in [4.78, 5) is 12.8. The van der Waals surface area contributed by atoms with Crippen molar-refractivity contribution in [1.82, 2.24) is 0 Å². The van der Waals surface area contributed by atoms with Gasteiger partial charge in [0.2, 0.25) is 0 Å². The smallest absolute Gasteiger partial charge is 0.355 e. The second-order valence-corrected chi connectivity index (χ2v) is 26.7. The first kappa shape index (κ1) is 31.5. The summed E-state index contributed by atoms with van der Waals surface area (Å²) in [7, 11) is -9.28. The van der Waals surface area contributed by atoms with Crippen molar-refractivity contribution in [3.8, 4) is 0 Å². The fraction of sp³-hybridized carbons (Fsp3) is 0.720. The zero-order valence-electron chi connectivity index (χ0n) is 23.3. The zero-order chi connectivity index (χ0) is 25.9. The molecule has 0 aliphatic rings. The number of hydrogen-bond acceptors (Lipinski definition) is 5. The van der Waals surface area contributed by atoms with Gasteiger partial charge in [0.1, 0.15) is 6.23 Å². The Hall–Kier alpha value is -0.562. The molecule has 196 valence electrons. The first-order valence-corrected chi connectivity index (χ1v) is 23.2. The maximum absolute atomic E-state index is 12.8.